The second-order valence-corrected chi connectivity index (χ2v) is 5.48. The summed E-state index contributed by atoms with van der Waals surface area (Å²) in [6.07, 6.45) is 4.24. The van der Waals surface area contributed by atoms with Crippen molar-refractivity contribution < 1.29 is 14.9 Å². The summed E-state index contributed by atoms with van der Waals surface area (Å²) in [5.74, 6) is 1.08. The predicted octanol–water partition coefficient (Wildman–Crippen LogP) is 2.43. The van der Waals surface area contributed by atoms with Crippen LogP contribution < -0.4 is 10.1 Å². The molecule has 0 heterocycles. The van der Waals surface area contributed by atoms with E-state index in [1.54, 1.807) is 6.07 Å². The number of nitrogens with one attached hydrogen (secondary N) is 1. The zero-order valence-electron chi connectivity index (χ0n) is 12.1. The third kappa shape index (κ3) is 4.12. The van der Waals surface area contributed by atoms with Gasteiger partial charge in [-0.1, -0.05) is 18.9 Å². The van der Waals surface area contributed by atoms with Gasteiger partial charge in [0.05, 0.1) is 12.7 Å². The van der Waals surface area contributed by atoms with Crippen LogP contribution in [0.1, 0.15) is 38.2 Å². The highest BCUT2D eigenvalue weighted by Gasteiger charge is 2.22. The zero-order chi connectivity index (χ0) is 14.4. The van der Waals surface area contributed by atoms with E-state index in [1.807, 2.05) is 19.1 Å². The molecule has 1 fully saturated rings. The van der Waals surface area contributed by atoms with Crippen molar-refractivity contribution in [3.63, 3.8) is 0 Å². The summed E-state index contributed by atoms with van der Waals surface area (Å²) >= 11 is 0. The van der Waals surface area contributed by atoms with Crippen molar-refractivity contribution in [3.8, 4) is 11.5 Å². The SMILES string of the molecule is CCOc1cc(CNCC2CCCCC2O)ccc1O. The molecule has 1 aromatic carbocycles. The van der Waals surface area contributed by atoms with Gasteiger partial charge in [-0.05, 0) is 43.4 Å². The second-order valence-electron chi connectivity index (χ2n) is 5.48. The van der Waals surface area contributed by atoms with E-state index in [0.29, 0.717) is 18.3 Å². The quantitative estimate of drug-likeness (QED) is 0.748. The Hall–Kier alpha value is -1.26. The van der Waals surface area contributed by atoms with Crippen molar-refractivity contribution in [2.24, 2.45) is 5.92 Å². The molecule has 0 saturated heterocycles. The Morgan fingerprint density at radius 2 is 2.10 bits per heavy atom. The van der Waals surface area contributed by atoms with E-state index in [1.165, 1.54) is 6.42 Å². The number of hydrogen-bond donors (Lipinski definition) is 3. The van der Waals surface area contributed by atoms with Gasteiger partial charge in [-0.2, -0.15) is 0 Å². The number of benzene rings is 1. The number of aromatic hydroxyl groups is 1. The zero-order valence-corrected chi connectivity index (χ0v) is 12.1. The van der Waals surface area contributed by atoms with Crippen LogP contribution in [0.4, 0.5) is 0 Å². The van der Waals surface area contributed by atoms with Gasteiger partial charge in [0.1, 0.15) is 0 Å². The largest absolute Gasteiger partial charge is 0.504 e. The Bertz CT molecular complexity index is 422. The lowest BCUT2D eigenvalue weighted by atomic mass is 9.86. The summed E-state index contributed by atoms with van der Waals surface area (Å²) in [5.41, 5.74) is 1.08. The van der Waals surface area contributed by atoms with Crippen molar-refractivity contribution in [1.29, 1.82) is 0 Å². The van der Waals surface area contributed by atoms with Crippen LogP contribution in [0.15, 0.2) is 18.2 Å². The molecule has 1 aliphatic rings. The molecule has 1 saturated carbocycles. The van der Waals surface area contributed by atoms with Crippen molar-refractivity contribution >= 4 is 0 Å². The fourth-order valence-corrected chi connectivity index (χ4v) is 2.77. The van der Waals surface area contributed by atoms with Gasteiger partial charge in [0, 0.05) is 13.1 Å². The normalized spacial score (nSPS) is 22.7. The van der Waals surface area contributed by atoms with Gasteiger partial charge in [-0.3, -0.25) is 0 Å². The van der Waals surface area contributed by atoms with Gasteiger partial charge in [0.15, 0.2) is 11.5 Å². The van der Waals surface area contributed by atoms with Crippen molar-refractivity contribution in [2.45, 2.75) is 45.3 Å². The van der Waals surface area contributed by atoms with Crippen LogP contribution in [0, 0.1) is 5.92 Å². The van der Waals surface area contributed by atoms with Crippen LogP contribution >= 0.6 is 0 Å². The molecule has 0 spiro atoms. The maximum atomic E-state index is 9.92. The van der Waals surface area contributed by atoms with Crippen LogP contribution in [0.2, 0.25) is 0 Å². The summed E-state index contributed by atoms with van der Waals surface area (Å²) in [6, 6.07) is 5.42. The minimum Gasteiger partial charge on any atom is -0.504 e. The molecule has 0 amide bonds. The number of aliphatic hydroxyl groups is 1. The van der Waals surface area contributed by atoms with Crippen molar-refractivity contribution in [1.82, 2.24) is 5.32 Å². The van der Waals surface area contributed by atoms with Gasteiger partial charge >= 0.3 is 0 Å². The molecule has 0 aliphatic heterocycles. The molecular weight excluding hydrogens is 254 g/mol. The van der Waals surface area contributed by atoms with Gasteiger partial charge in [0.2, 0.25) is 0 Å². The first kappa shape index (κ1) is 15.1. The number of rotatable bonds is 6. The lowest BCUT2D eigenvalue weighted by molar-refractivity contribution is 0.0695. The Morgan fingerprint density at radius 3 is 2.85 bits per heavy atom. The topological polar surface area (TPSA) is 61.7 Å². The number of phenolic OH excluding ortho intramolecular Hbond substituents is 1. The number of phenols is 1. The fourth-order valence-electron chi connectivity index (χ4n) is 2.77. The molecule has 4 heteroatoms. The molecule has 1 aromatic rings. The molecule has 4 nitrogen and oxygen atoms in total. The number of ether oxygens (including phenoxy) is 1. The van der Waals surface area contributed by atoms with Crippen LogP contribution in [0.25, 0.3) is 0 Å². The molecule has 112 valence electrons. The standard InChI is InChI=1S/C16H25NO3/c1-2-20-16-9-12(7-8-15(16)19)10-17-11-13-5-3-4-6-14(13)18/h7-9,13-14,17-19H,2-6,10-11H2,1H3. The lowest BCUT2D eigenvalue weighted by Gasteiger charge is -2.27. The molecule has 0 bridgehead atoms. The summed E-state index contributed by atoms with van der Waals surface area (Å²) in [6.45, 7) is 4.00. The van der Waals surface area contributed by atoms with Gasteiger partial charge < -0.3 is 20.3 Å². The Morgan fingerprint density at radius 1 is 1.30 bits per heavy atom. The minimum absolute atomic E-state index is 0.157. The average molecular weight is 279 g/mol. The highest BCUT2D eigenvalue weighted by Crippen LogP contribution is 2.27. The van der Waals surface area contributed by atoms with E-state index in [2.05, 4.69) is 5.32 Å². The first-order chi connectivity index (χ1) is 9.70. The Labute approximate surface area is 120 Å². The summed E-state index contributed by atoms with van der Waals surface area (Å²) in [5, 5.41) is 23.0. The third-order valence-corrected chi connectivity index (χ3v) is 3.93. The summed E-state index contributed by atoms with van der Waals surface area (Å²) < 4.78 is 5.37. The maximum absolute atomic E-state index is 9.92. The highest BCUT2D eigenvalue weighted by atomic mass is 16.5. The van der Waals surface area contributed by atoms with Crippen LogP contribution in [-0.2, 0) is 6.54 Å². The average Bonchev–Trinajstić information content (AvgIpc) is 2.45. The molecule has 3 N–H and O–H groups in total. The van der Waals surface area contributed by atoms with E-state index in [0.717, 1.165) is 37.9 Å². The fraction of sp³-hybridized carbons (Fsp3) is 0.625. The van der Waals surface area contributed by atoms with Crippen LogP contribution in [0.5, 0.6) is 11.5 Å². The van der Waals surface area contributed by atoms with Crippen LogP contribution in [-0.4, -0.2) is 29.5 Å². The summed E-state index contributed by atoms with van der Waals surface area (Å²) in [4.78, 5) is 0. The van der Waals surface area contributed by atoms with Crippen LogP contribution in [0.3, 0.4) is 0 Å². The number of hydrogen-bond acceptors (Lipinski definition) is 4. The maximum Gasteiger partial charge on any atom is 0.161 e. The van der Waals surface area contributed by atoms with E-state index >= 15 is 0 Å². The molecule has 20 heavy (non-hydrogen) atoms. The molecule has 2 rings (SSSR count). The van der Waals surface area contributed by atoms with E-state index in [9.17, 15) is 10.2 Å². The van der Waals surface area contributed by atoms with E-state index < -0.39 is 0 Å². The third-order valence-electron chi connectivity index (χ3n) is 3.93. The molecule has 2 unspecified atom stereocenters. The Balaban J connectivity index is 1.83. The first-order valence-electron chi connectivity index (χ1n) is 7.54. The van der Waals surface area contributed by atoms with E-state index in [-0.39, 0.29) is 11.9 Å². The second kappa shape index (κ2) is 7.50. The molecule has 0 radical (unpaired) electrons. The molecule has 2 atom stereocenters. The predicted molar refractivity (Wildman–Crippen MR) is 78.9 cm³/mol. The smallest absolute Gasteiger partial charge is 0.161 e. The lowest BCUT2D eigenvalue weighted by Crippen LogP contribution is -2.33. The monoisotopic (exact) mass is 279 g/mol. The van der Waals surface area contributed by atoms with Gasteiger partial charge in [-0.15, -0.1) is 0 Å². The van der Waals surface area contributed by atoms with Crippen molar-refractivity contribution in [2.75, 3.05) is 13.2 Å². The number of aliphatic hydroxyl groups excluding tert-OH is 1. The van der Waals surface area contributed by atoms with Crippen molar-refractivity contribution in [3.05, 3.63) is 23.8 Å². The Kier molecular flexibility index (Phi) is 5.68. The molecular formula is C16H25NO3. The molecule has 1 aliphatic carbocycles. The summed E-state index contributed by atoms with van der Waals surface area (Å²) in [7, 11) is 0. The first-order valence-corrected chi connectivity index (χ1v) is 7.54. The minimum atomic E-state index is -0.157. The highest BCUT2D eigenvalue weighted by molar-refractivity contribution is 5.41. The van der Waals surface area contributed by atoms with E-state index in [4.69, 9.17) is 4.74 Å². The molecule has 0 aromatic heterocycles. The van der Waals surface area contributed by atoms with Gasteiger partial charge in [0.25, 0.3) is 0 Å². The van der Waals surface area contributed by atoms with Gasteiger partial charge in [-0.25, -0.2) is 0 Å².